The number of aliphatic hydroxyl groups excluding tert-OH is 1. The molecule has 1 aromatic heterocycles. The molecule has 2 rings (SSSR count). The Morgan fingerprint density at radius 1 is 1.29 bits per heavy atom. The molecule has 4 nitrogen and oxygen atoms in total. The zero-order chi connectivity index (χ0) is 17.4. The predicted octanol–water partition coefficient (Wildman–Crippen LogP) is 3.35. The lowest BCUT2D eigenvalue weighted by molar-refractivity contribution is 0.00373. The highest BCUT2D eigenvalue weighted by Gasteiger charge is 2.14. The largest absolute Gasteiger partial charge is 0.467 e. The van der Waals surface area contributed by atoms with Crippen molar-refractivity contribution < 1.29 is 23.0 Å². The minimum absolute atomic E-state index is 0.160. The van der Waals surface area contributed by atoms with E-state index in [9.17, 15) is 13.9 Å². The third-order valence-corrected chi connectivity index (χ3v) is 3.55. The second-order valence-corrected chi connectivity index (χ2v) is 5.72. The van der Waals surface area contributed by atoms with Crippen LogP contribution < -0.4 is 0 Å². The molecule has 132 valence electrons. The van der Waals surface area contributed by atoms with Crippen LogP contribution in [0.4, 0.5) is 8.78 Å². The number of furan rings is 1. The first-order valence-electron chi connectivity index (χ1n) is 8.03. The molecule has 1 N–H and O–H groups in total. The van der Waals surface area contributed by atoms with Crippen LogP contribution in [0.25, 0.3) is 0 Å². The second-order valence-electron chi connectivity index (χ2n) is 5.72. The van der Waals surface area contributed by atoms with Crippen molar-refractivity contribution in [3.63, 3.8) is 0 Å². The van der Waals surface area contributed by atoms with Crippen molar-refractivity contribution in [2.24, 2.45) is 0 Å². The molecule has 0 fully saturated rings. The van der Waals surface area contributed by atoms with Crippen molar-refractivity contribution in [2.45, 2.75) is 32.6 Å². The van der Waals surface area contributed by atoms with Gasteiger partial charge in [0.05, 0.1) is 19.0 Å². The first-order valence-corrected chi connectivity index (χ1v) is 8.03. The molecule has 0 spiro atoms. The van der Waals surface area contributed by atoms with Crippen molar-refractivity contribution >= 4 is 0 Å². The van der Waals surface area contributed by atoms with E-state index in [2.05, 4.69) is 0 Å². The lowest BCUT2D eigenvalue weighted by Gasteiger charge is -2.24. The van der Waals surface area contributed by atoms with Gasteiger partial charge in [-0.3, -0.25) is 4.90 Å². The molecule has 0 amide bonds. The molecule has 0 aliphatic carbocycles. The van der Waals surface area contributed by atoms with Crippen LogP contribution in [0.3, 0.4) is 0 Å². The second kappa shape index (κ2) is 9.52. The van der Waals surface area contributed by atoms with Crippen LogP contribution in [0.2, 0.25) is 0 Å². The Morgan fingerprint density at radius 3 is 2.79 bits per heavy atom. The van der Waals surface area contributed by atoms with Crippen LogP contribution >= 0.6 is 0 Å². The molecule has 1 atom stereocenters. The van der Waals surface area contributed by atoms with E-state index in [0.29, 0.717) is 37.6 Å². The predicted molar refractivity (Wildman–Crippen MR) is 86.3 cm³/mol. The molecule has 1 heterocycles. The summed E-state index contributed by atoms with van der Waals surface area (Å²) in [6.07, 6.45) is 1.73. The normalized spacial score (nSPS) is 12.7. The summed E-state index contributed by atoms with van der Waals surface area (Å²) >= 11 is 0. The molecule has 6 heteroatoms. The molecule has 0 saturated heterocycles. The molecule has 24 heavy (non-hydrogen) atoms. The standard InChI is InChI=1S/C18H23F2NO3/c1-2-7-21(10-14-5-6-15(19)9-18(14)20)11-16(22)12-23-13-17-4-3-8-24-17/h3-6,8-9,16,22H,2,7,10-13H2,1H3/t16-/m0/s1. The van der Waals surface area contributed by atoms with Gasteiger partial charge in [-0.2, -0.15) is 0 Å². The Morgan fingerprint density at radius 2 is 2.12 bits per heavy atom. The highest BCUT2D eigenvalue weighted by atomic mass is 19.1. The van der Waals surface area contributed by atoms with Crippen molar-refractivity contribution in [3.8, 4) is 0 Å². The lowest BCUT2D eigenvalue weighted by atomic mass is 10.1. The first-order chi connectivity index (χ1) is 11.6. The van der Waals surface area contributed by atoms with E-state index in [4.69, 9.17) is 9.15 Å². The van der Waals surface area contributed by atoms with Gasteiger partial charge in [0.15, 0.2) is 0 Å². The van der Waals surface area contributed by atoms with Gasteiger partial charge < -0.3 is 14.3 Å². The van der Waals surface area contributed by atoms with E-state index in [0.717, 1.165) is 12.5 Å². The molecule has 0 aliphatic rings. The molecule has 2 aromatic rings. The van der Waals surface area contributed by atoms with Crippen LogP contribution in [0.5, 0.6) is 0 Å². The van der Waals surface area contributed by atoms with Gasteiger partial charge in [-0.05, 0) is 31.2 Å². The molecule has 0 unspecified atom stereocenters. The van der Waals surface area contributed by atoms with Crippen LogP contribution in [0.1, 0.15) is 24.7 Å². The third-order valence-electron chi connectivity index (χ3n) is 3.55. The Balaban J connectivity index is 1.82. The Hall–Kier alpha value is -1.76. The van der Waals surface area contributed by atoms with Gasteiger partial charge in [-0.25, -0.2) is 8.78 Å². The maximum absolute atomic E-state index is 13.8. The highest BCUT2D eigenvalue weighted by molar-refractivity contribution is 5.18. The van der Waals surface area contributed by atoms with Crippen molar-refractivity contribution in [2.75, 3.05) is 19.7 Å². The fraction of sp³-hybridized carbons (Fsp3) is 0.444. The average Bonchev–Trinajstić information content (AvgIpc) is 3.03. The smallest absolute Gasteiger partial charge is 0.130 e. The van der Waals surface area contributed by atoms with E-state index in [1.165, 1.54) is 12.1 Å². The zero-order valence-electron chi connectivity index (χ0n) is 13.8. The number of nitrogens with zero attached hydrogens (tertiary/aromatic N) is 1. The fourth-order valence-electron chi connectivity index (χ4n) is 2.48. The Kier molecular flexibility index (Phi) is 7.36. The summed E-state index contributed by atoms with van der Waals surface area (Å²) in [5, 5.41) is 10.1. The van der Waals surface area contributed by atoms with Crippen molar-refractivity contribution in [3.05, 3.63) is 59.6 Å². The number of ether oxygens (including phenoxy) is 1. The van der Waals surface area contributed by atoms with Gasteiger partial charge in [0.2, 0.25) is 0 Å². The molecule has 0 bridgehead atoms. The summed E-state index contributed by atoms with van der Waals surface area (Å²) < 4.78 is 37.3. The van der Waals surface area contributed by atoms with Crippen LogP contribution in [0, 0.1) is 11.6 Å². The molecular formula is C18H23F2NO3. The highest BCUT2D eigenvalue weighted by Crippen LogP contribution is 2.13. The topological polar surface area (TPSA) is 45.8 Å². The van der Waals surface area contributed by atoms with E-state index >= 15 is 0 Å². The number of rotatable bonds is 10. The monoisotopic (exact) mass is 339 g/mol. The van der Waals surface area contributed by atoms with Crippen molar-refractivity contribution in [1.29, 1.82) is 0 Å². The maximum Gasteiger partial charge on any atom is 0.130 e. The van der Waals surface area contributed by atoms with Crippen LogP contribution in [-0.4, -0.2) is 35.8 Å². The number of benzene rings is 1. The van der Waals surface area contributed by atoms with Crippen LogP contribution in [0.15, 0.2) is 41.0 Å². The summed E-state index contributed by atoms with van der Waals surface area (Å²) in [5.74, 6) is -0.467. The van der Waals surface area contributed by atoms with Gasteiger partial charge in [0.25, 0.3) is 0 Å². The SMILES string of the molecule is CCCN(Cc1ccc(F)cc1F)C[C@H](O)COCc1ccco1. The number of aliphatic hydroxyl groups is 1. The third kappa shape index (κ3) is 6.03. The van der Waals surface area contributed by atoms with Crippen molar-refractivity contribution in [1.82, 2.24) is 4.90 Å². The van der Waals surface area contributed by atoms with E-state index in [-0.39, 0.29) is 6.61 Å². The quantitative estimate of drug-likeness (QED) is 0.721. The first kappa shape index (κ1) is 18.6. The van der Waals surface area contributed by atoms with Gasteiger partial charge in [-0.15, -0.1) is 0 Å². The Bertz CT molecular complexity index is 604. The van der Waals surface area contributed by atoms with Gasteiger partial charge >= 0.3 is 0 Å². The molecular weight excluding hydrogens is 316 g/mol. The average molecular weight is 339 g/mol. The zero-order valence-corrected chi connectivity index (χ0v) is 13.8. The summed E-state index contributed by atoms with van der Waals surface area (Å²) in [7, 11) is 0. The van der Waals surface area contributed by atoms with Gasteiger partial charge in [0, 0.05) is 24.7 Å². The van der Waals surface area contributed by atoms with E-state index in [1.54, 1.807) is 18.4 Å². The molecule has 0 aliphatic heterocycles. The van der Waals surface area contributed by atoms with E-state index < -0.39 is 17.7 Å². The summed E-state index contributed by atoms with van der Waals surface area (Å²) in [6, 6.07) is 7.13. The summed E-state index contributed by atoms with van der Waals surface area (Å²) in [4.78, 5) is 1.93. The Labute approximate surface area is 140 Å². The fourth-order valence-corrected chi connectivity index (χ4v) is 2.48. The minimum atomic E-state index is -0.699. The minimum Gasteiger partial charge on any atom is -0.467 e. The molecule has 1 aromatic carbocycles. The van der Waals surface area contributed by atoms with Crippen LogP contribution in [-0.2, 0) is 17.9 Å². The lowest BCUT2D eigenvalue weighted by Crippen LogP contribution is -2.35. The molecule has 0 radical (unpaired) electrons. The number of hydrogen-bond acceptors (Lipinski definition) is 4. The molecule has 0 saturated carbocycles. The van der Waals surface area contributed by atoms with Gasteiger partial charge in [-0.1, -0.05) is 13.0 Å². The van der Waals surface area contributed by atoms with Gasteiger partial charge in [0.1, 0.15) is 24.0 Å². The maximum atomic E-state index is 13.8. The number of hydrogen-bond donors (Lipinski definition) is 1. The summed E-state index contributed by atoms with van der Waals surface area (Å²) in [5.41, 5.74) is 0.411. The van der Waals surface area contributed by atoms with E-state index in [1.807, 2.05) is 11.8 Å². The summed E-state index contributed by atoms with van der Waals surface area (Å²) in [6.45, 7) is 3.83. The number of halogens is 2.